The fourth-order valence-corrected chi connectivity index (χ4v) is 3.19. The molecule has 20 heavy (non-hydrogen) atoms. The summed E-state index contributed by atoms with van der Waals surface area (Å²) in [6.07, 6.45) is 2.18. The zero-order valence-corrected chi connectivity index (χ0v) is 12.7. The topological polar surface area (TPSA) is 57.4 Å². The molecule has 2 saturated heterocycles. The maximum Gasteiger partial charge on any atom is 0.229 e. The standard InChI is InChI=1S/C14H25N5O/c1-10-8-11(4-5-15-10)14-16-13(17-20-14)12-9-18(2)6-7-19(12)3/h10-12,15H,4-9H2,1-3H3. The number of piperidine rings is 1. The zero-order chi connectivity index (χ0) is 14.1. The molecule has 0 spiro atoms. The molecule has 2 fully saturated rings. The number of aromatic nitrogens is 2. The van der Waals surface area contributed by atoms with Gasteiger partial charge < -0.3 is 14.7 Å². The van der Waals surface area contributed by atoms with Crippen LogP contribution < -0.4 is 5.32 Å². The summed E-state index contributed by atoms with van der Waals surface area (Å²) < 4.78 is 5.56. The second kappa shape index (κ2) is 5.79. The lowest BCUT2D eigenvalue weighted by Crippen LogP contribution is -2.45. The molecule has 0 aromatic carbocycles. The maximum atomic E-state index is 5.56. The first-order chi connectivity index (χ1) is 9.63. The maximum absolute atomic E-state index is 5.56. The van der Waals surface area contributed by atoms with Crippen LogP contribution >= 0.6 is 0 Å². The van der Waals surface area contributed by atoms with Crippen LogP contribution in [0.25, 0.3) is 0 Å². The largest absolute Gasteiger partial charge is 0.339 e. The van der Waals surface area contributed by atoms with Crippen LogP contribution in [0, 0.1) is 0 Å². The second-order valence-corrected chi connectivity index (χ2v) is 6.33. The Hall–Kier alpha value is -0.980. The third-order valence-electron chi connectivity index (χ3n) is 4.58. The van der Waals surface area contributed by atoms with Crippen LogP contribution in [0.15, 0.2) is 4.52 Å². The lowest BCUT2D eigenvalue weighted by atomic mass is 9.93. The molecule has 3 heterocycles. The van der Waals surface area contributed by atoms with Crippen LogP contribution in [-0.2, 0) is 0 Å². The summed E-state index contributed by atoms with van der Waals surface area (Å²) >= 11 is 0. The molecule has 3 unspecified atom stereocenters. The Morgan fingerprint density at radius 1 is 1.30 bits per heavy atom. The Bertz CT molecular complexity index is 449. The number of piperazine rings is 1. The molecule has 0 amide bonds. The molecule has 0 aliphatic carbocycles. The van der Waals surface area contributed by atoms with Crippen LogP contribution in [0.2, 0.25) is 0 Å². The van der Waals surface area contributed by atoms with E-state index in [0.29, 0.717) is 12.0 Å². The minimum atomic E-state index is 0.255. The highest BCUT2D eigenvalue weighted by Crippen LogP contribution is 2.28. The summed E-state index contributed by atoms with van der Waals surface area (Å²) in [5.74, 6) is 2.09. The lowest BCUT2D eigenvalue weighted by Gasteiger charge is -2.35. The van der Waals surface area contributed by atoms with Crippen molar-refractivity contribution in [1.82, 2.24) is 25.3 Å². The van der Waals surface area contributed by atoms with Gasteiger partial charge in [0.1, 0.15) is 0 Å². The van der Waals surface area contributed by atoms with Crippen molar-refractivity contribution in [2.45, 2.75) is 37.8 Å². The highest BCUT2D eigenvalue weighted by molar-refractivity contribution is 5.02. The van der Waals surface area contributed by atoms with Gasteiger partial charge in [-0.25, -0.2) is 0 Å². The monoisotopic (exact) mass is 279 g/mol. The predicted molar refractivity (Wildman–Crippen MR) is 76.6 cm³/mol. The molecular weight excluding hydrogens is 254 g/mol. The molecule has 3 atom stereocenters. The molecule has 3 rings (SSSR count). The molecule has 0 radical (unpaired) electrons. The third kappa shape index (κ3) is 2.87. The van der Waals surface area contributed by atoms with Crippen molar-refractivity contribution >= 4 is 0 Å². The van der Waals surface area contributed by atoms with E-state index in [1.165, 1.54) is 0 Å². The fraction of sp³-hybridized carbons (Fsp3) is 0.857. The van der Waals surface area contributed by atoms with E-state index in [0.717, 1.165) is 50.7 Å². The van der Waals surface area contributed by atoms with Gasteiger partial charge in [0.15, 0.2) is 5.82 Å². The zero-order valence-electron chi connectivity index (χ0n) is 12.7. The first-order valence-electron chi connectivity index (χ1n) is 7.59. The second-order valence-electron chi connectivity index (χ2n) is 6.33. The Morgan fingerprint density at radius 3 is 2.95 bits per heavy atom. The highest BCUT2D eigenvalue weighted by atomic mass is 16.5. The van der Waals surface area contributed by atoms with Crippen LogP contribution in [-0.4, -0.2) is 66.3 Å². The van der Waals surface area contributed by atoms with Gasteiger partial charge in [-0.15, -0.1) is 0 Å². The van der Waals surface area contributed by atoms with Gasteiger partial charge in [-0.05, 0) is 40.4 Å². The van der Waals surface area contributed by atoms with Gasteiger partial charge in [0.05, 0.1) is 6.04 Å². The summed E-state index contributed by atoms with van der Waals surface area (Å²) in [5.41, 5.74) is 0. The molecule has 1 aromatic heterocycles. The Kier molecular flexibility index (Phi) is 4.05. The molecule has 6 heteroatoms. The minimum absolute atomic E-state index is 0.255. The van der Waals surface area contributed by atoms with E-state index in [1.807, 2.05) is 0 Å². The number of likely N-dealkylation sites (N-methyl/N-ethyl adjacent to an activating group) is 2. The van der Waals surface area contributed by atoms with E-state index in [-0.39, 0.29) is 6.04 Å². The van der Waals surface area contributed by atoms with Gasteiger partial charge >= 0.3 is 0 Å². The first-order valence-corrected chi connectivity index (χ1v) is 7.59. The van der Waals surface area contributed by atoms with Crippen molar-refractivity contribution in [1.29, 1.82) is 0 Å². The fourth-order valence-electron chi connectivity index (χ4n) is 3.19. The van der Waals surface area contributed by atoms with Crippen LogP contribution in [0.4, 0.5) is 0 Å². The number of rotatable bonds is 2. The molecule has 6 nitrogen and oxygen atoms in total. The summed E-state index contributed by atoms with van der Waals surface area (Å²) in [7, 11) is 4.29. The van der Waals surface area contributed by atoms with Gasteiger partial charge in [0.2, 0.25) is 5.89 Å². The average Bonchev–Trinajstić information content (AvgIpc) is 2.91. The molecule has 0 saturated carbocycles. The molecule has 2 aliphatic rings. The van der Waals surface area contributed by atoms with Gasteiger partial charge in [-0.1, -0.05) is 5.16 Å². The summed E-state index contributed by atoms with van der Waals surface area (Å²) in [6, 6.07) is 0.790. The van der Waals surface area contributed by atoms with Gasteiger partial charge in [-0.3, -0.25) is 4.90 Å². The van der Waals surface area contributed by atoms with Crippen molar-refractivity contribution in [3.63, 3.8) is 0 Å². The van der Waals surface area contributed by atoms with E-state index in [1.54, 1.807) is 0 Å². The lowest BCUT2D eigenvalue weighted by molar-refractivity contribution is 0.108. The summed E-state index contributed by atoms with van der Waals surface area (Å²) in [5, 5.41) is 7.71. The number of hydrogen-bond acceptors (Lipinski definition) is 6. The molecule has 112 valence electrons. The van der Waals surface area contributed by atoms with Crippen molar-refractivity contribution in [3.8, 4) is 0 Å². The smallest absolute Gasteiger partial charge is 0.229 e. The van der Waals surface area contributed by atoms with E-state index in [4.69, 9.17) is 9.51 Å². The third-order valence-corrected chi connectivity index (χ3v) is 4.58. The van der Waals surface area contributed by atoms with Crippen molar-refractivity contribution < 1.29 is 4.52 Å². The Balaban J connectivity index is 1.72. The molecular formula is C14H25N5O. The average molecular weight is 279 g/mol. The number of nitrogens with one attached hydrogen (secondary N) is 1. The normalized spacial score (nSPS) is 33.5. The quantitative estimate of drug-likeness (QED) is 0.866. The van der Waals surface area contributed by atoms with Crippen molar-refractivity contribution in [2.24, 2.45) is 0 Å². The van der Waals surface area contributed by atoms with Gasteiger partial charge in [-0.2, -0.15) is 4.98 Å². The van der Waals surface area contributed by atoms with E-state index >= 15 is 0 Å². The molecule has 2 aliphatic heterocycles. The summed E-state index contributed by atoms with van der Waals surface area (Å²) in [4.78, 5) is 9.35. The first kappa shape index (κ1) is 14.0. The summed E-state index contributed by atoms with van der Waals surface area (Å²) in [6.45, 7) is 6.37. The Morgan fingerprint density at radius 2 is 2.15 bits per heavy atom. The van der Waals surface area contributed by atoms with Crippen molar-refractivity contribution in [2.75, 3.05) is 40.3 Å². The van der Waals surface area contributed by atoms with E-state index < -0.39 is 0 Å². The minimum Gasteiger partial charge on any atom is -0.339 e. The number of hydrogen-bond donors (Lipinski definition) is 1. The van der Waals surface area contributed by atoms with Crippen LogP contribution in [0.3, 0.4) is 0 Å². The van der Waals surface area contributed by atoms with Gasteiger partial charge in [0.25, 0.3) is 0 Å². The van der Waals surface area contributed by atoms with E-state index in [2.05, 4.69) is 41.3 Å². The van der Waals surface area contributed by atoms with Crippen molar-refractivity contribution in [3.05, 3.63) is 11.7 Å². The molecule has 1 N–H and O–H groups in total. The number of nitrogens with zero attached hydrogens (tertiary/aromatic N) is 4. The highest BCUT2D eigenvalue weighted by Gasteiger charge is 2.30. The van der Waals surface area contributed by atoms with Gasteiger partial charge in [0, 0.05) is 31.6 Å². The molecule has 1 aromatic rings. The van der Waals surface area contributed by atoms with Crippen LogP contribution in [0.1, 0.15) is 43.4 Å². The predicted octanol–water partition coefficient (Wildman–Crippen LogP) is 0.843. The molecule has 0 bridgehead atoms. The van der Waals surface area contributed by atoms with E-state index in [9.17, 15) is 0 Å². The SMILES string of the molecule is CC1CC(c2nc(C3CN(C)CCN3C)no2)CCN1. The Labute approximate surface area is 120 Å². The van der Waals surface area contributed by atoms with Crippen LogP contribution in [0.5, 0.6) is 0 Å².